The minimum Gasteiger partial charge on any atom is -0.375 e. The normalized spacial score (nSPS) is 12.0. The van der Waals surface area contributed by atoms with E-state index in [0.717, 1.165) is 5.69 Å². The smallest absolute Gasteiger partial charge is 0.239 e. The second kappa shape index (κ2) is 8.29. The topological polar surface area (TPSA) is 57.3 Å². The minimum absolute atomic E-state index is 0.0344. The molecular formula is C18H24N4O. The third-order valence-corrected chi connectivity index (χ3v) is 3.69. The Morgan fingerprint density at radius 2 is 1.96 bits per heavy atom. The molecule has 0 saturated carbocycles. The summed E-state index contributed by atoms with van der Waals surface area (Å²) in [7, 11) is 4.04. The molecular weight excluding hydrogens is 288 g/mol. The number of rotatable bonds is 7. The fourth-order valence-electron chi connectivity index (χ4n) is 2.31. The Labute approximate surface area is 137 Å². The molecule has 0 radical (unpaired) electrons. The van der Waals surface area contributed by atoms with Crippen molar-refractivity contribution in [2.75, 3.05) is 32.5 Å². The number of hydrogen-bond donors (Lipinski definition) is 2. The number of hydrogen-bond acceptors (Lipinski definition) is 4. The molecule has 2 aromatic rings. The highest BCUT2D eigenvalue weighted by Gasteiger charge is 2.15. The Kier molecular flexibility index (Phi) is 6.11. The first-order valence-electron chi connectivity index (χ1n) is 7.70. The molecule has 1 heterocycles. The van der Waals surface area contributed by atoms with Crippen LogP contribution in [0.3, 0.4) is 0 Å². The van der Waals surface area contributed by atoms with Crippen LogP contribution in [0.15, 0.2) is 48.8 Å². The Bertz CT molecular complexity index is 611. The molecule has 0 aliphatic carbocycles. The predicted octanol–water partition coefficient (Wildman–Crippen LogP) is 2.22. The molecule has 2 N–H and O–H groups in total. The number of nitrogens with zero attached hydrogens (tertiary/aromatic N) is 2. The van der Waals surface area contributed by atoms with E-state index in [0.29, 0.717) is 6.54 Å². The molecule has 0 spiro atoms. The summed E-state index contributed by atoms with van der Waals surface area (Å²) in [4.78, 5) is 18.1. The number of aromatic nitrogens is 1. The van der Waals surface area contributed by atoms with Crippen LogP contribution in [0.4, 0.5) is 5.69 Å². The highest BCUT2D eigenvalue weighted by atomic mass is 16.1. The van der Waals surface area contributed by atoms with Gasteiger partial charge in [-0.25, -0.2) is 0 Å². The van der Waals surface area contributed by atoms with Gasteiger partial charge < -0.3 is 15.5 Å². The third-order valence-electron chi connectivity index (χ3n) is 3.69. The molecule has 1 amide bonds. The second-order valence-electron chi connectivity index (χ2n) is 5.79. The molecule has 2 rings (SSSR count). The lowest BCUT2D eigenvalue weighted by Crippen LogP contribution is -2.37. The summed E-state index contributed by atoms with van der Waals surface area (Å²) < 4.78 is 0. The number of amides is 1. The standard InChI is InChI=1S/C18H24N4O/c1-14-6-8-15(9-7-14)17(22(2)3)12-21-18(23)13-20-16-5-4-10-19-11-16/h4-11,17,20H,12-13H2,1-3H3,(H,21,23). The maximum Gasteiger partial charge on any atom is 0.239 e. The van der Waals surface area contributed by atoms with Crippen molar-refractivity contribution in [1.82, 2.24) is 15.2 Å². The van der Waals surface area contributed by atoms with Gasteiger partial charge in [0.15, 0.2) is 0 Å². The number of nitrogens with one attached hydrogen (secondary N) is 2. The summed E-state index contributed by atoms with van der Waals surface area (Å²) >= 11 is 0. The van der Waals surface area contributed by atoms with E-state index in [1.54, 1.807) is 12.4 Å². The van der Waals surface area contributed by atoms with Gasteiger partial charge in [-0.2, -0.15) is 0 Å². The lowest BCUT2D eigenvalue weighted by molar-refractivity contribution is -0.119. The van der Waals surface area contributed by atoms with E-state index in [1.165, 1.54) is 11.1 Å². The average molecular weight is 312 g/mol. The molecule has 0 saturated heterocycles. The van der Waals surface area contributed by atoms with Crippen molar-refractivity contribution in [3.8, 4) is 0 Å². The number of anilines is 1. The molecule has 122 valence electrons. The van der Waals surface area contributed by atoms with Gasteiger partial charge in [-0.1, -0.05) is 29.8 Å². The van der Waals surface area contributed by atoms with Gasteiger partial charge in [-0.3, -0.25) is 9.78 Å². The molecule has 0 fully saturated rings. The number of aryl methyl sites for hydroxylation is 1. The maximum absolute atomic E-state index is 12.0. The molecule has 5 nitrogen and oxygen atoms in total. The third kappa shape index (κ3) is 5.38. The number of carbonyl (C=O) groups excluding carboxylic acids is 1. The van der Waals surface area contributed by atoms with Crippen molar-refractivity contribution in [3.05, 3.63) is 59.9 Å². The van der Waals surface area contributed by atoms with Gasteiger partial charge in [0.2, 0.25) is 5.91 Å². The molecule has 0 aliphatic heterocycles. The molecule has 1 aromatic carbocycles. The Morgan fingerprint density at radius 3 is 2.57 bits per heavy atom. The summed E-state index contributed by atoms with van der Waals surface area (Å²) in [5.41, 5.74) is 3.27. The molecule has 1 atom stereocenters. The van der Waals surface area contributed by atoms with Crippen molar-refractivity contribution < 1.29 is 4.79 Å². The van der Waals surface area contributed by atoms with Gasteiger partial charge in [0.1, 0.15) is 0 Å². The highest BCUT2D eigenvalue weighted by Crippen LogP contribution is 2.17. The van der Waals surface area contributed by atoms with Crippen molar-refractivity contribution in [2.45, 2.75) is 13.0 Å². The van der Waals surface area contributed by atoms with Crippen LogP contribution in [0.25, 0.3) is 0 Å². The zero-order valence-corrected chi connectivity index (χ0v) is 13.9. The monoisotopic (exact) mass is 312 g/mol. The predicted molar refractivity (Wildman–Crippen MR) is 93.3 cm³/mol. The summed E-state index contributed by atoms with van der Waals surface area (Å²) in [6.07, 6.45) is 3.40. The molecule has 0 aliphatic rings. The van der Waals surface area contributed by atoms with Gasteiger partial charge in [0.05, 0.1) is 18.3 Å². The van der Waals surface area contributed by atoms with E-state index in [9.17, 15) is 4.79 Å². The van der Waals surface area contributed by atoms with E-state index < -0.39 is 0 Å². The zero-order valence-electron chi connectivity index (χ0n) is 13.9. The largest absolute Gasteiger partial charge is 0.375 e. The van der Waals surface area contributed by atoms with Crippen molar-refractivity contribution in [2.24, 2.45) is 0 Å². The van der Waals surface area contributed by atoms with E-state index in [4.69, 9.17) is 0 Å². The highest BCUT2D eigenvalue weighted by molar-refractivity contribution is 5.80. The lowest BCUT2D eigenvalue weighted by atomic mass is 10.0. The summed E-state index contributed by atoms with van der Waals surface area (Å²) in [6, 6.07) is 12.3. The van der Waals surface area contributed by atoms with Crippen molar-refractivity contribution in [3.63, 3.8) is 0 Å². The van der Waals surface area contributed by atoms with Gasteiger partial charge in [-0.05, 0) is 38.7 Å². The average Bonchev–Trinajstić information content (AvgIpc) is 2.55. The van der Waals surface area contributed by atoms with Crippen LogP contribution in [0.2, 0.25) is 0 Å². The first-order valence-corrected chi connectivity index (χ1v) is 7.70. The van der Waals surface area contributed by atoms with E-state index in [1.807, 2.05) is 26.2 Å². The quantitative estimate of drug-likeness (QED) is 0.823. The zero-order chi connectivity index (χ0) is 16.7. The molecule has 1 aromatic heterocycles. The number of benzene rings is 1. The molecule has 23 heavy (non-hydrogen) atoms. The van der Waals surface area contributed by atoms with E-state index in [2.05, 4.69) is 51.7 Å². The fraction of sp³-hybridized carbons (Fsp3) is 0.333. The van der Waals surface area contributed by atoms with Crippen LogP contribution in [-0.2, 0) is 4.79 Å². The van der Waals surface area contributed by atoms with E-state index >= 15 is 0 Å². The van der Waals surface area contributed by atoms with Crippen LogP contribution in [0.1, 0.15) is 17.2 Å². The second-order valence-corrected chi connectivity index (χ2v) is 5.79. The fourth-order valence-corrected chi connectivity index (χ4v) is 2.31. The van der Waals surface area contributed by atoms with Gasteiger partial charge in [0.25, 0.3) is 0 Å². The first-order chi connectivity index (χ1) is 11.1. The minimum atomic E-state index is -0.0344. The van der Waals surface area contributed by atoms with Gasteiger partial charge >= 0.3 is 0 Å². The number of carbonyl (C=O) groups is 1. The van der Waals surface area contributed by atoms with Crippen LogP contribution < -0.4 is 10.6 Å². The first kappa shape index (κ1) is 17.0. The Morgan fingerprint density at radius 1 is 1.22 bits per heavy atom. The van der Waals surface area contributed by atoms with Crippen LogP contribution in [-0.4, -0.2) is 43.0 Å². The molecule has 0 bridgehead atoms. The SMILES string of the molecule is Cc1ccc(C(CNC(=O)CNc2cccnc2)N(C)C)cc1. The van der Waals surface area contributed by atoms with E-state index in [-0.39, 0.29) is 18.5 Å². The van der Waals surface area contributed by atoms with Gasteiger partial charge in [0, 0.05) is 18.9 Å². The Hall–Kier alpha value is -2.40. The van der Waals surface area contributed by atoms with Crippen LogP contribution in [0, 0.1) is 6.92 Å². The maximum atomic E-state index is 12.0. The summed E-state index contributed by atoms with van der Waals surface area (Å²) in [5.74, 6) is -0.0344. The van der Waals surface area contributed by atoms with Crippen molar-refractivity contribution in [1.29, 1.82) is 0 Å². The molecule has 1 unspecified atom stereocenters. The summed E-state index contributed by atoms with van der Waals surface area (Å²) in [6.45, 7) is 2.88. The summed E-state index contributed by atoms with van der Waals surface area (Å²) in [5, 5.41) is 6.04. The van der Waals surface area contributed by atoms with Crippen LogP contribution >= 0.6 is 0 Å². The Balaban J connectivity index is 1.86. The molecule has 5 heteroatoms. The lowest BCUT2D eigenvalue weighted by Gasteiger charge is -2.25. The number of likely N-dealkylation sites (N-methyl/N-ethyl adjacent to an activating group) is 1. The van der Waals surface area contributed by atoms with Crippen LogP contribution in [0.5, 0.6) is 0 Å². The van der Waals surface area contributed by atoms with Gasteiger partial charge in [-0.15, -0.1) is 0 Å². The van der Waals surface area contributed by atoms with Crippen molar-refractivity contribution >= 4 is 11.6 Å². The number of pyridine rings is 1.